The van der Waals surface area contributed by atoms with Gasteiger partial charge in [0.05, 0.1) is 24.0 Å². The van der Waals surface area contributed by atoms with Crippen molar-refractivity contribution in [3.63, 3.8) is 0 Å². The summed E-state index contributed by atoms with van der Waals surface area (Å²) < 4.78 is 6.88. The van der Waals surface area contributed by atoms with Gasteiger partial charge in [0.1, 0.15) is 17.1 Å². The van der Waals surface area contributed by atoms with Gasteiger partial charge in [-0.15, -0.1) is 10.2 Å². The van der Waals surface area contributed by atoms with E-state index in [1.807, 2.05) is 60.7 Å². The number of hydrogen-bond donors (Lipinski definition) is 2. The van der Waals surface area contributed by atoms with E-state index < -0.39 is 29.5 Å². The van der Waals surface area contributed by atoms with Crippen LogP contribution in [0.4, 0.5) is 0 Å². The Hall–Kier alpha value is -4.30. The van der Waals surface area contributed by atoms with E-state index in [4.69, 9.17) is 39.4 Å². The van der Waals surface area contributed by atoms with E-state index in [-0.39, 0.29) is 23.2 Å². The number of ketones is 2. The Labute approximate surface area is 252 Å². The Morgan fingerprint density at radius 2 is 0.952 bits per heavy atom. The van der Waals surface area contributed by atoms with E-state index in [0.29, 0.717) is 21.2 Å². The molecule has 4 atom stereocenters. The molecule has 2 aliphatic rings. The topological polar surface area (TPSA) is 120 Å². The highest BCUT2D eigenvalue weighted by molar-refractivity contribution is 6.31. The lowest BCUT2D eigenvalue weighted by Crippen LogP contribution is -2.64. The van der Waals surface area contributed by atoms with E-state index in [0.717, 1.165) is 11.1 Å². The van der Waals surface area contributed by atoms with Gasteiger partial charge in [0.15, 0.2) is 11.6 Å². The molecule has 1 saturated heterocycles. The van der Waals surface area contributed by atoms with Crippen LogP contribution in [0.1, 0.15) is 44.1 Å². The molecule has 4 aromatic rings. The number of nitrogens with zero attached hydrogens (tertiary/aromatic N) is 2. The maximum absolute atomic E-state index is 14.7. The first kappa shape index (κ1) is 27.8. The van der Waals surface area contributed by atoms with Crippen LogP contribution in [0, 0.1) is 17.3 Å². The number of rotatable bonds is 6. The Balaban J connectivity index is 1.64. The predicted molar refractivity (Wildman–Crippen MR) is 164 cm³/mol. The van der Waals surface area contributed by atoms with Gasteiger partial charge < -0.3 is 16.2 Å². The number of ether oxygens (including phenoxy) is 1. The van der Waals surface area contributed by atoms with Gasteiger partial charge in [-0.1, -0.05) is 83.9 Å². The fourth-order valence-corrected chi connectivity index (χ4v) is 6.38. The van der Waals surface area contributed by atoms with Crippen LogP contribution in [0.15, 0.2) is 119 Å². The van der Waals surface area contributed by atoms with E-state index in [1.165, 1.54) is 0 Å². The van der Waals surface area contributed by atoms with E-state index in [1.54, 1.807) is 48.5 Å². The van der Waals surface area contributed by atoms with Gasteiger partial charge in [0, 0.05) is 21.2 Å². The lowest BCUT2D eigenvalue weighted by Gasteiger charge is -2.52. The second-order valence-corrected chi connectivity index (χ2v) is 11.2. The van der Waals surface area contributed by atoms with Crippen molar-refractivity contribution in [2.75, 3.05) is 0 Å². The van der Waals surface area contributed by atoms with Crippen molar-refractivity contribution in [3.05, 3.63) is 141 Å². The molecule has 0 aliphatic carbocycles. The Morgan fingerprint density at radius 1 is 0.595 bits per heavy atom. The SMILES string of the molecule is NC1=NN=C(N)C12C(C(=O)c1ccc(Cl)cc1)C(c1ccccc1)OC(c1ccccc1)C2C(=O)c1ccc(Cl)cc1. The highest BCUT2D eigenvalue weighted by Crippen LogP contribution is 2.59. The molecular weight excluding hydrogens is 571 g/mol. The predicted octanol–water partition coefficient (Wildman–Crippen LogP) is 6.43. The summed E-state index contributed by atoms with van der Waals surface area (Å²) in [5.74, 6) is -2.91. The van der Waals surface area contributed by atoms with Crippen LogP contribution < -0.4 is 11.5 Å². The molecule has 0 aromatic heterocycles. The Bertz CT molecular complexity index is 1560. The third-order valence-corrected chi connectivity index (χ3v) is 8.58. The van der Waals surface area contributed by atoms with Gasteiger partial charge in [-0.3, -0.25) is 9.59 Å². The number of benzene rings is 4. The molecule has 1 fully saturated rings. The monoisotopic (exact) mass is 596 g/mol. The second-order valence-electron chi connectivity index (χ2n) is 10.3. The highest BCUT2D eigenvalue weighted by Gasteiger charge is 2.67. The number of carbonyl (C=O) groups excluding carboxylic acids is 2. The minimum Gasteiger partial charge on any atom is -0.385 e. The fourth-order valence-electron chi connectivity index (χ4n) is 6.13. The molecule has 42 heavy (non-hydrogen) atoms. The maximum atomic E-state index is 14.7. The molecule has 4 aromatic carbocycles. The van der Waals surface area contributed by atoms with Crippen molar-refractivity contribution in [2.24, 2.45) is 38.9 Å². The molecule has 9 heteroatoms. The van der Waals surface area contributed by atoms with Crippen LogP contribution in [-0.4, -0.2) is 23.2 Å². The van der Waals surface area contributed by atoms with Crippen LogP contribution >= 0.6 is 23.2 Å². The summed E-state index contributed by atoms with van der Waals surface area (Å²) in [5, 5.41) is 9.32. The average molecular weight is 598 g/mol. The Morgan fingerprint density at radius 3 is 1.31 bits per heavy atom. The first-order chi connectivity index (χ1) is 20.3. The van der Waals surface area contributed by atoms with E-state index >= 15 is 0 Å². The zero-order valence-corrected chi connectivity index (χ0v) is 23.7. The van der Waals surface area contributed by atoms with E-state index in [9.17, 15) is 9.59 Å². The third-order valence-electron chi connectivity index (χ3n) is 8.07. The Kier molecular flexibility index (Phi) is 7.41. The summed E-state index contributed by atoms with van der Waals surface area (Å²) in [7, 11) is 0. The first-order valence-electron chi connectivity index (χ1n) is 13.3. The third kappa shape index (κ3) is 4.60. The van der Waals surface area contributed by atoms with Crippen molar-refractivity contribution in [1.82, 2.24) is 0 Å². The smallest absolute Gasteiger partial charge is 0.170 e. The number of nitrogens with two attached hydrogens (primary N) is 2. The van der Waals surface area contributed by atoms with Crippen LogP contribution in [-0.2, 0) is 4.74 Å². The van der Waals surface area contributed by atoms with Crippen LogP contribution in [0.5, 0.6) is 0 Å². The van der Waals surface area contributed by atoms with Crippen molar-refractivity contribution >= 4 is 46.4 Å². The summed E-state index contributed by atoms with van der Waals surface area (Å²) >= 11 is 12.3. The van der Waals surface area contributed by atoms with Crippen molar-refractivity contribution in [2.45, 2.75) is 12.2 Å². The maximum Gasteiger partial charge on any atom is 0.170 e. The van der Waals surface area contributed by atoms with Crippen molar-refractivity contribution in [1.29, 1.82) is 0 Å². The van der Waals surface area contributed by atoms with Crippen molar-refractivity contribution in [3.8, 4) is 0 Å². The van der Waals surface area contributed by atoms with Crippen LogP contribution in [0.3, 0.4) is 0 Å². The minimum atomic E-state index is -1.62. The summed E-state index contributed by atoms with van der Waals surface area (Å²) in [6.07, 6.45) is -1.73. The first-order valence-corrected chi connectivity index (χ1v) is 14.1. The standard InChI is InChI=1S/C33H26Cl2N4O3/c34-23-15-11-19(12-16-23)27(40)25-29(21-7-3-1-4-8-21)42-30(22-9-5-2-6-10-22)26(33(25)31(36)38-39-32(33)37)28(41)20-13-17-24(35)18-14-20/h1-18,25-26,29-30H,(H2,36,38)(H2,37,39). The largest absolute Gasteiger partial charge is 0.385 e. The molecule has 4 N–H and O–H groups in total. The van der Waals surface area contributed by atoms with Gasteiger partial charge in [-0.05, 0) is 59.7 Å². The average Bonchev–Trinajstić information content (AvgIpc) is 3.30. The summed E-state index contributed by atoms with van der Waals surface area (Å²) in [4.78, 5) is 29.3. The van der Waals surface area contributed by atoms with Crippen LogP contribution in [0.25, 0.3) is 0 Å². The zero-order chi connectivity index (χ0) is 29.4. The summed E-state index contributed by atoms with van der Waals surface area (Å²) in [5.41, 5.74) is 14.0. The zero-order valence-electron chi connectivity index (χ0n) is 22.2. The molecule has 0 amide bonds. The molecule has 6 rings (SSSR count). The minimum absolute atomic E-state index is 0.0233. The van der Waals surface area contributed by atoms with Gasteiger partial charge in [0.2, 0.25) is 0 Å². The molecule has 4 unspecified atom stereocenters. The fraction of sp³-hybridized carbons (Fsp3) is 0.152. The molecule has 1 spiro atoms. The van der Waals surface area contributed by atoms with E-state index in [2.05, 4.69) is 10.2 Å². The molecule has 210 valence electrons. The molecule has 2 heterocycles. The van der Waals surface area contributed by atoms with Gasteiger partial charge >= 0.3 is 0 Å². The van der Waals surface area contributed by atoms with Crippen molar-refractivity contribution < 1.29 is 14.3 Å². The van der Waals surface area contributed by atoms with Gasteiger partial charge in [-0.25, -0.2) is 0 Å². The van der Waals surface area contributed by atoms with Gasteiger partial charge in [-0.2, -0.15) is 0 Å². The molecule has 2 aliphatic heterocycles. The molecular formula is C33H26Cl2N4O3. The lowest BCUT2D eigenvalue weighted by atomic mass is 9.55. The molecule has 0 radical (unpaired) electrons. The molecule has 7 nitrogen and oxygen atoms in total. The van der Waals surface area contributed by atoms with Gasteiger partial charge in [0.25, 0.3) is 0 Å². The number of amidine groups is 2. The summed E-state index contributed by atoms with van der Waals surface area (Å²) in [6.45, 7) is 0. The highest BCUT2D eigenvalue weighted by atomic mass is 35.5. The van der Waals surface area contributed by atoms with Crippen LogP contribution in [0.2, 0.25) is 10.0 Å². The number of carbonyl (C=O) groups is 2. The molecule has 0 bridgehead atoms. The number of Topliss-reactive ketones (excluding diaryl/α,β-unsaturated/α-hetero) is 2. The second kappa shape index (κ2) is 11.2. The number of halogens is 2. The number of hydrogen-bond acceptors (Lipinski definition) is 7. The molecule has 0 saturated carbocycles. The lowest BCUT2D eigenvalue weighted by molar-refractivity contribution is -0.128. The summed E-state index contributed by atoms with van der Waals surface area (Å²) in [6, 6.07) is 31.8. The normalized spacial score (nSPS) is 22.8. The quantitative estimate of drug-likeness (QED) is 0.248.